The van der Waals surface area contributed by atoms with E-state index in [1.807, 2.05) is 12.1 Å². The minimum Gasteiger partial charge on any atom is -0.487 e. The molecule has 0 heterocycles. The van der Waals surface area contributed by atoms with E-state index in [1.54, 1.807) is 48.5 Å². The van der Waals surface area contributed by atoms with Crippen molar-refractivity contribution in [3.63, 3.8) is 0 Å². The monoisotopic (exact) mass is 603 g/mol. The Bertz CT molecular complexity index is 1200. The van der Waals surface area contributed by atoms with Crippen LogP contribution in [0.25, 0.3) is 6.08 Å². The molecule has 1 N–H and O–H groups in total. The number of ether oxygens (including phenoxy) is 1. The van der Waals surface area contributed by atoms with Crippen molar-refractivity contribution >= 4 is 61.9 Å². The highest BCUT2D eigenvalue weighted by molar-refractivity contribution is 14.1. The highest BCUT2D eigenvalue weighted by Crippen LogP contribution is 2.33. The number of nitro groups is 1. The van der Waals surface area contributed by atoms with Gasteiger partial charge in [-0.15, -0.1) is 0 Å². The van der Waals surface area contributed by atoms with Crippen LogP contribution < -0.4 is 10.1 Å². The van der Waals surface area contributed by atoms with Crippen LogP contribution in [0.1, 0.15) is 11.1 Å². The summed E-state index contributed by atoms with van der Waals surface area (Å²) in [5, 5.41) is 22.9. The first-order valence-corrected chi connectivity index (χ1v) is 11.1. The number of para-hydroxylation sites is 1. The molecule has 1 amide bonds. The van der Waals surface area contributed by atoms with E-state index in [2.05, 4.69) is 43.8 Å². The number of anilines is 1. The van der Waals surface area contributed by atoms with E-state index in [0.29, 0.717) is 21.5 Å². The smallest absolute Gasteiger partial charge is 0.269 e. The van der Waals surface area contributed by atoms with Crippen LogP contribution in [0.15, 0.2) is 76.8 Å². The second kappa shape index (κ2) is 10.9. The zero-order valence-electron chi connectivity index (χ0n) is 16.4. The molecule has 32 heavy (non-hydrogen) atoms. The van der Waals surface area contributed by atoms with Crippen LogP contribution in [0.4, 0.5) is 11.4 Å². The highest BCUT2D eigenvalue weighted by Gasteiger charge is 2.13. The van der Waals surface area contributed by atoms with Crippen molar-refractivity contribution in [3.8, 4) is 11.8 Å². The maximum absolute atomic E-state index is 12.4. The Morgan fingerprint density at radius 2 is 1.88 bits per heavy atom. The molecule has 0 aliphatic carbocycles. The van der Waals surface area contributed by atoms with Gasteiger partial charge in [-0.1, -0.05) is 18.2 Å². The lowest BCUT2D eigenvalue weighted by molar-refractivity contribution is -0.384. The largest absolute Gasteiger partial charge is 0.487 e. The zero-order chi connectivity index (χ0) is 23.1. The van der Waals surface area contributed by atoms with Crippen molar-refractivity contribution in [1.82, 2.24) is 0 Å². The van der Waals surface area contributed by atoms with Gasteiger partial charge >= 0.3 is 0 Å². The van der Waals surface area contributed by atoms with Gasteiger partial charge in [0.2, 0.25) is 0 Å². The molecule has 0 atom stereocenters. The fraction of sp³-hybridized carbons (Fsp3) is 0.0435. The third-order valence-corrected chi connectivity index (χ3v) is 5.65. The molecule has 3 aromatic carbocycles. The number of nitriles is 1. The second-order valence-corrected chi connectivity index (χ2v) is 8.53. The Labute approximate surface area is 206 Å². The summed E-state index contributed by atoms with van der Waals surface area (Å²) >= 11 is 5.58. The van der Waals surface area contributed by atoms with Crippen molar-refractivity contribution in [1.29, 1.82) is 5.26 Å². The van der Waals surface area contributed by atoms with Crippen molar-refractivity contribution in [2.45, 2.75) is 6.61 Å². The van der Waals surface area contributed by atoms with E-state index in [-0.39, 0.29) is 17.9 Å². The molecule has 3 aromatic rings. The normalized spacial score (nSPS) is 10.8. The molecule has 7 nitrogen and oxygen atoms in total. The summed E-state index contributed by atoms with van der Waals surface area (Å²) in [6.07, 6.45) is 1.51. The summed E-state index contributed by atoms with van der Waals surface area (Å²) in [5.74, 6) is 0.0941. The van der Waals surface area contributed by atoms with Crippen molar-refractivity contribution in [3.05, 3.63) is 102 Å². The van der Waals surface area contributed by atoms with Crippen molar-refractivity contribution in [2.75, 3.05) is 5.32 Å². The minimum absolute atomic E-state index is 0.0187. The molecule has 0 aromatic heterocycles. The molecule has 9 heteroatoms. The van der Waals surface area contributed by atoms with Crippen LogP contribution >= 0.6 is 38.5 Å². The lowest BCUT2D eigenvalue weighted by Crippen LogP contribution is -2.13. The molecule has 0 aliphatic rings. The topological polar surface area (TPSA) is 105 Å². The minimum atomic E-state index is -0.497. The fourth-order valence-electron chi connectivity index (χ4n) is 2.71. The van der Waals surface area contributed by atoms with Gasteiger partial charge in [0.05, 0.1) is 13.0 Å². The molecular formula is C23H15BrIN3O4. The maximum Gasteiger partial charge on any atom is 0.269 e. The van der Waals surface area contributed by atoms with Crippen LogP contribution in [-0.4, -0.2) is 10.8 Å². The number of non-ortho nitro benzene ring substituents is 1. The maximum atomic E-state index is 12.4. The zero-order valence-corrected chi connectivity index (χ0v) is 20.2. The molecular weight excluding hydrogens is 589 g/mol. The van der Waals surface area contributed by atoms with E-state index >= 15 is 0 Å². The molecule has 0 aliphatic heterocycles. The average Bonchev–Trinajstić information content (AvgIpc) is 2.77. The van der Waals surface area contributed by atoms with Crippen LogP contribution in [0.3, 0.4) is 0 Å². The number of halogens is 2. The highest BCUT2D eigenvalue weighted by atomic mass is 127. The lowest BCUT2D eigenvalue weighted by Gasteiger charge is -2.12. The molecule has 3 rings (SSSR count). The number of carbonyl (C=O) groups excluding carboxylic acids is 1. The van der Waals surface area contributed by atoms with Gasteiger partial charge in [-0.25, -0.2) is 0 Å². The van der Waals surface area contributed by atoms with E-state index in [1.165, 1.54) is 18.2 Å². The van der Waals surface area contributed by atoms with Crippen LogP contribution in [0, 0.1) is 25.0 Å². The summed E-state index contributed by atoms with van der Waals surface area (Å²) in [7, 11) is 0. The van der Waals surface area contributed by atoms with Gasteiger partial charge in [0, 0.05) is 17.8 Å². The Kier molecular flexibility index (Phi) is 7.97. The van der Waals surface area contributed by atoms with Gasteiger partial charge in [0.15, 0.2) is 0 Å². The first-order chi connectivity index (χ1) is 15.4. The number of rotatable bonds is 7. The van der Waals surface area contributed by atoms with E-state index in [0.717, 1.165) is 9.13 Å². The average molecular weight is 604 g/mol. The molecule has 0 unspecified atom stereocenters. The molecule has 0 bridgehead atoms. The molecule has 0 radical (unpaired) electrons. The van der Waals surface area contributed by atoms with Gasteiger partial charge in [0.1, 0.15) is 24.0 Å². The van der Waals surface area contributed by atoms with E-state index < -0.39 is 10.8 Å². The van der Waals surface area contributed by atoms with Gasteiger partial charge in [-0.3, -0.25) is 14.9 Å². The standard InChI is InChI=1S/C23H15BrIN3O4/c24-20-11-16(10-17(13-26)23(29)27-18-4-2-1-3-5-18)12-21(25)22(20)32-14-15-6-8-19(9-7-15)28(30)31/h1-12H,14H2,(H,27,29)/b17-10-. The van der Waals surface area contributed by atoms with E-state index in [9.17, 15) is 20.2 Å². The Balaban J connectivity index is 1.74. The predicted octanol–water partition coefficient (Wildman–Crippen LogP) is 6.09. The third kappa shape index (κ3) is 6.15. The number of amides is 1. The number of nitrogens with one attached hydrogen (secondary N) is 1. The summed E-state index contributed by atoms with van der Waals surface area (Å²) in [6, 6.07) is 20.5. The van der Waals surface area contributed by atoms with Gasteiger partial charge in [-0.2, -0.15) is 5.26 Å². The van der Waals surface area contributed by atoms with Crippen molar-refractivity contribution < 1.29 is 14.5 Å². The SMILES string of the molecule is N#C/C(=C/c1cc(Br)c(OCc2ccc([N+](=O)[O-])cc2)c(I)c1)C(=O)Nc1ccccc1. The number of nitro benzene ring substituents is 1. The number of benzene rings is 3. The van der Waals surface area contributed by atoms with Crippen molar-refractivity contribution in [2.24, 2.45) is 0 Å². The van der Waals surface area contributed by atoms with Gasteiger partial charge < -0.3 is 10.1 Å². The number of hydrogen-bond acceptors (Lipinski definition) is 5. The lowest BCUT2D eigenvalue weighted by atomic mass is 10.1. The van der Waals surface area contributed by atoms with Gasteiger partial charge in [0.25, 0.3) is 11.6 Å². The second-order valence-electron chi connectivity index (χ2n) is 6.52. The summed E-state index contributed by atoms with van der Waals surface area (Å²) < 4.78 is 7.30. The fourth-order valence-corrected chi connectivity index (χ4v) is 4.47. The summed E-state index contributed by atoms with van der Waals surface area (Å²) in [5.41, 5.74) is 2.03. The molecule has 0 fully saturated rings. The number of nitrogens with zero attached hydrogens (tertiary/aromatic N) is 2. The van der Waals surface area contributed by atoms with Crippen LogP contribution in [0.5, 0.6) is 5.75 Å². The quantitative estimate of drug-likeness (QED) is 0.116. The number of hydrogen-bond donors (Lipinski definition) is 1. The summed E-state index contributed by atoms with van der Waals surface area (Å²) in [6.45, 7) is 0.227. The van der Waals surface area contributed by atoms with Crippen LogP contribution in [0.2, 0.25) is 0 Å². The van der Waals surface area contributed by atoms with Gasteiger partial charge in [-0.05, 0) is 92.1 Å². The van der Waals surface area contributed by atoms with Crippen LogP contribution in [-0.2, 0) is 11.4 Å². The molecule has 0 saturated heterocycles. The molecule has 0 spiro atoms. The predicted molar refractivity (Wildman–Crippen MR) is 133 cm³/mol. The third-order valence-electron chi connectivity index (χ3n) is 4.26. The first-order valence-electron chi connectivity index (χ1n) is 9.20. The number of carbonyl (C=O) groups is 1. The molecule has 160 valence electrons. The first kappa shape index (κ1) is 23.4. The Hall–Kier alpha value is -3.23. The molecule has 0 saturated carbocycles. The Morgan fingerprint density at radius 3 is 2.47 bits per heavy atom. The summed E-state index contributed by atoms with van der Waals surface area (Å²) in [4.78, 5) is 22.7. The Morgan fingerprint density at radius 1 is 1.19 bits per heavy atom. The van der Waals surface area contributed by atoms with E-state index in [4.69, 9.17) is 4.74 Å².